The minimum atomic E-state index is -3.65. The Morgan fingerprint density at radius 2 is 1.48 bits per heavy atom. The predicted octanol–water partition coefficient (Wildman–Crippen LogP) is 6.77. The molecule has 5 N–H and O–H groups in total. The number of hydrogen-bond donors (Lipinski definition) is 5. The molecule has 5 rings (SSSR count). The van der Waals surface area contributed by atoms with Crippen molar-refractivity contribution in [3.8, 4) is 23.1 Å². The Morgan fingerprint density at radius 3 is 2.18 bits per heavy atom. The van der Waals surface area contributed by atoms with Gasteiger partial charge < -0.3 is 49.7 Å². The Kier molecular flexibility index (Phi) is 16.1. The number of carbonyl (C=O) groups excluding carboxylic acids is 2. The summed E-state index contributed by atoms with van der Waals surface area (Å²) in [6.07, 6.45) is 2.61. The molecular weight excluding hydrogens is 807 g/mol. The summed E-state index contributed by atoms with van der Waals surface area (Å²) in [5.41, 5.74) is 2.54. The zero-order chi connectivity index (χ0) is 44.0. The summed E-state index contributed by atoms with van der Waals surface area (Å²) in [5.74, 6) is 1.43. The summed E-state index contributed by atoms with van der Waals surface area (Å²) in [5, 5.41) is 13.2. The van der Waals surface area contributed by atoms with Crippen molar-refractivity contribution in [2.45, 2.75) is 32.7 Å². The molecule has 3 amide bonds. The molecule has 0 saturated carbocycles. The molecule has 0 bridgehead atoms. The Bertz CT molecular complexity index is 2410. The Hall–Kier alpha value is -6.21. The van der Waals surface area contributed by atoms with Crippen LogP contribution >= 0.6 is 0 Å². The number of amides is 3. The lowest BCUT2D eigenvalue weighted by atomic mass is 9.86. The van der Waals surface area contributed by atoms with E-state index in [2.05, 4.69) is 36.0 Å². The highest BCUT2D eigenvalue weighted by Gasteiger charge is 2.23. The molecule has 18 heteroatoms. The number of aromatic nitrogens is 2. The van der Waals surface area contributed by atoms with Gasteiger partial charge in [-0.1, -0.05) is 45.0 Å². The molecule has 0 radical (unpaired) electrons. The molecule has 17 nitrogen and oxygen atoms in total. The normalized spacial score (nSPS) is 11.5. The molecular formula is C43H53N7O10S. The van der Waals surface area contributed by atoms with Crippen LogP contribution in [0.1, 0.15) is 42.3 Å². The van der Waals surface area contributed by atoms with Gasteiger partial charge in [-0.05, 0) is 59.0 Å². The van der Waals surface area contributed by atoms with Gasteiger partial charge in [-0.2, -0.15) is 4.98 Å². The number of nitrogens with one attached hydrogen (secondary N) is 5. The van der Waals surface area contributed by atoms with Gasteiger partial charge in [-0.3, -0.25) is 9.52 Å². The second-order valence-electron chi connectivity index (χ2n) is 14.7. The summed E-state index contributed by atoms with van der Waals surface area (Å²) in [6.45, 7) is 8.73. The van der Waals surface area contributed by atoms with Crippen molar-refractivity contribution >= 4 is 55.7 Å². The van der Waals surface area contributed by atoms with Crippen LogP contribution in [-0.2, 0) is 36.2 Å². The third-order valence-corrected chi connectivity index (χ3v) is 9.52. The zero-order valence-corrected chi connectivity index (χ0v) is 36.2. The van der Waals surface area contributed by atoms with Crippen LogP contribution in [0.5, 0.6) is 23.1 Å². The van der Waals surface area contributed by atoms with E-state index in [1.807, 2.05) is 51.1 Å². The fraction of sp³-hybridized carbons (Fsp3) is 0.349. The van der Waals surface area contributed by atoms with E-state index in [4.69, 9.17) is 28.4 Å². The SMILES string of the molecule is COCCOCCOCCNC(=O)c1cc(CNc2nccc(Oc3ccc(NC(=O)Nc4cc(C(C)(C)C)cc(NS(C)(=O)=O)c4OC)c4ccccc34)n2)cc(OC)c1. The Balaban J connectivity index is 1.24. The van der Waals surface area contributed by atoms with Gasteiger partial charge in [0.1, 0.15) is 11.5 Å². The van der Waals surface area contributed by atoms with Crippen LogP contribution in [0.3, 0.4) is 0 Å². The number of carbonyl (C=O) groups is 2. The molecule has 0 aliphatic carbocycles. The molecule has 0 aliphatic heterocycles. The highest BCUT2D eigenvalue weighted by atomic mass is 32.2. The first kappa shape index (κ1) is 45.9. The maximum Gasteiger partial charge on any atom is 0.323 e. The average molecular weight is 860 g/mol. The lowest BCUT2D eigenvalue weighted by molar-refractivity contribution is 0.0255. The third-order valence-electron chi connectivity index (χ3n) is 8.93. The van der Waals surface area contributed by atoms with Crippen molar-refractivity contribution in [2.75, 3.05) is 87.8 Å². The van der Waals surface area contributed by atoms with E-state index in [1.165, 1.54) is 14.2 Å². The number of ether oxygens (including phenoxy) is 6. The van der Waals surface area contributed by atoms with Gasteiger partial charge in [0.2, 0.25) is 21.9 Å². The molecule has 0 aliphatic rings. The van der Waals surface area contributed by atoms with Gasteiger partial charge in [0.25, 0.3) is 5.91 Å². The van der Waals surface area contributed by atoms with Crippen LogP contribution < -0.4 is 40.2 Å². The van der Waals surface area contributed by atoms with Crippen molar-refractivity contribution in [3.05, 3.63) is 95.7 Å². The summed E-state index contributed by atoms with van der Waals surface area (Å²) < 4.78 is 59.9. The molecule has 4 aromatic carbocycles. The Labute approximate surface area is 355 Å². The number of hydrogen-bond acceptors (Lipinski definition) is 13. The molecule has 0 spiro atoms. The molecule has 0 atom stereocenters. The maximum atomic E-state index is 13.5. The van der Waals surface area contributed by atoms with E-state index < -0.39 is 16.1 Å². The first-order chi connectivity index (χ1) is 29.2. The van der Waals surface area contributed by atoms with Crippen LogP contribution in [0.2, 0.25) is 0 Å². The number of methoxy groups -OCH3 is 3. The number of anilines is 4. The molecule has 61 heavy (non-hydrogen) atoms. The molecule has 0 saturated heterocycles. The smallest absolute Gasteiger partial charge is 0.323 e. The number of benzene rings is 4. The van der Waals surface area contributed by atoms with Gasteiger partial charge >= 0.3 is 6.03 Å². The molecule has 1 heterocycles. The topological polar surface area (TPSA) is 210 Å². The standard InChI is InChI=1S/C43H53N7O10S/c1-43(2,3)30-25-35(39(57-6)36(26-30)50-61(7,53)54)48-42(52)47-34-12-13-37(33-11-9-8-10-32(33)34)60-38-14-15-45-41(49-38)46-27-28-22-29(24-31(23-28)56-5)40(51)44-16-17-58-20-21-59-19-18-55-4/h8-15,22-26,50H,16-21,27H2,1-7H3,(H,44,51)(H,45,46,49)(H2,47,48,52). The third kappa shape index (κ3) is 13.7. The fourth-order valence-electron chi connectivity index (χ4n) is 5.99. The molecule has 0 unspecified atom stereocenters. The summed E-state index contributed by atoms with van der Waals surface area (Å²) >= 11 is 0. The molecule has 5 aromatic rings. The van der Waals surface area contributed by atoms with Gasteiger partial charge in [0, 0.05) is 48.8 Å². The van der Waals surface area contributed by atoms with Crippen LogP contribution in [0, 0.1) is 0 Å². The van der Waals surface area contributed by atoms with Gasteiger partial charge in [-0.15, -0.1) is 0 Å². The molecule has 0 fully saturated rings. The molecule has 1 aromatic heterocycles. The lowest BCUT2D eigenvalue weighted by Gasteiger charge is -2.24. The number of rotatable bonds is 21. The number of urea groups is 1. The van der Waals surface area contributed by atoms with Gasteiger partial charge in [-0.25, -0.2) is 18.2 Å². The van der Waals surface area contributed by atoms with E-state index in [-0.39, 0.29) is 46.8 Å². The summed E-state index contributed by atoms with van der Waals surface area (Å²) in [4.78, 5) is 35.3. The summed E-state index contributed by atoms with van der Waals surface area (Å²) in [6, 6.07) is 20.5. The van der Waals surface area contributed by atoms with E-state index in [1.54, 1.807) is 55.8 Å². The first-order valence-electron chi connectivity index (χ1n) is 19.3. The number of fused-ring (bicyclic) bond motifs is 1. The average Bonchev–Trinajstić information content (AvgIpc) is 3.22. The van der Waals surface area contributed by atoms with Crippen LogP contribution in [-0.4, -0.2) is 97.5 Å². The van der Waals surface area contributed by atoms with E-state index in [0.717, 1.165) is 17.4 Å². The van der Waals surface area contributed by atoms with Crippen molar-refractivity contribution in [1.82, 2.24) is 15.3 Å². The second kappa shape index (κ2) is 21.4. The minimum absolute atomic E-state index is 0.159. The zero-order valence-electron chi connectivity index (χ0n) is 35.3. The van der Waals surface area contributed by atoms with Crippen molar-refractivity contribution in [2.24, 2.45) is 0 Å². The van der Waals surface area contributed by atoms with Crippen molar-refractivity contribution in [1.29, 1.82) is 0 Å². The fourth-order valence-corrected chi connectivity index (χ4v) is 6.54. The highest BCUT2D eigenvalue weighted by molar-refractivity contribution is 7.92. The van der Waals surface area contributed by atoms with Crippen molar-refractivity contribution in [3.63, 3.8) is 0 Å². The lowest BCUT2D eigenvalue weighted by Crippen LogP contribution is -2.27. The number of sulfonamides is 1. The van der Waals surface area contributed by atoms with E-state index >= 15 is 0 Å². The van der Waals surface area contributed by atoms with Crippen LogP contribution in [0.15, 0.2) is 79.0 Å². The number of nitrogens with zero attached hydrogens (tertiary/aromatic N) is 2. The van der Waals surface area contributed by atoms with Gasteiger partial charge in [0.05, 0.1) is 70.6 Å². The van der Waals surface area contributed by atoms with E-state index in [9.17, 15) is 18.0 Å². The molecule has 326 valence electrons. The van der Waals surface area contributed by atoms with Crippen LogP contribution in [0.25, 0.3) is 10.8 Å². The van der Waals surface area contributed by atoms with Crippen molar-refractivity contribution < 1.29 is 46.4 Å². The van der Waals surface area contributed by atoms with Crippen LogP contribution in [0.4, 0.5) is 27.8 Å². The second-order valence-corrected chi connectivity index (χ2v) is 16.4. The van der Waals surface area contributed by atoms with Gasteiger partial charge in [0.15, 0.2) is 5.75 Å². The minimum Gasteiger partial charge on any atom is -0.497 e. The largest absolute Gasteiger partial charge is 0.497 e. The highest BCUT2D eigenvalue weighted by Crippen LogP contribution is 2.40. The maximum absolute atomic E-state index is 13.5. The first-order valence-corrected chi connectivity index (χ1v) is 21.2. The Morgan fingerprint density at radius 1 is 0.770 bits per heavy atom. The van der Waals surface area contributed by atoms with E-state index in [0.29, 0.717) is 73.1 Å². The predicted molar refractivity (Wildman–Crippen MR) is 235 cm³/mol. The monoisotopic (exact) mass is 859 g/mol. The summed E-state index contributed by atoms with van der Waals surface area (Å²) in [7, 11) is 0.889. The quantitative estimate of drug-likeness (QED) is 0.0483.